The number of rotatable bonds is 4. The van der Waals surface area contributed by atoms with E-state index in [0.717, 1.165) is 63.4 Å². The molecule has 8 nitrogen and oxygen atoms in total. The molecule has 2 N–H and O–H groups in total. The Morgan fingerprint density at radius 3 is 1.08 bits per heavy atom. The number of thioether (sulfide) groups is 4. The van der Waals surface area contributed by atoms with Gasteiger partial charge in [0.05, 0.1) is 0 Å². The summed E-state index contributed by atoms with van der Waals surface area (Å²) in [4.78, 5) is 42.4. The van der Waals surface area contributed by atoms with Gasteiger partial charge in [-0.05, 0) is 97.8 Å². The van der Waals surface area contributed by atoms with Gasteiger partial charge in [0.25, 0.3) is 0 Å². The van der Waals surface area contributed by atoms with E-state index in [4.69, 9.17) is 29.9 Å². The normalized spacial score (nSPS) is 12.1. The standard InChI is InChI=1S/C36H26N8S4/c1-45-17-5-9-21-25(13-17)33-37-29(21)42-34-27-15-19(47-3)7-11-23(27)31(39-34)44-36-28-16-20(48-4)8-12-24(28)32(40-36)43-35-26-14-18(46-2)6-10-22(26)30(38-35)41-33/h5-16H,1-4H3,(H2,37,38,39,40,41,42,43,44). The smallest absolute Gasteiger partial charge is 0.164 e. The molecule has 2 aliphatic rings. The molecule has 3 aromatic heterocycles. The summed E-state index contributed by atoms with van der Waals surface area (Å²) in [6.45, 7) is 0. The summed E-state index contributed by atoms with van der Waals surface area (Å²) in [5.74, 6) is 2.40. The Labute approximate surface area is 292 Å². The lowest BCUT2D eigenvalue weighted by molar-refractivity contribution is 1.19. The molecule has 12 heteroatoms. The second-order valence-corrected chi connectivity index (χ2v) is 14.8. The first-order chi connectivity index (χ1) is 23.5. The maximum Gasteiger partial charge on any atom is 0.164 e. The van der Waals surface area contributed by atoms with Crippen LogP contribution in [0.5, 0.6) is 0 Å². The zero-order valence-electron chi connectivity index (χ0n) is 26.2. The van der Waals surface area contributed by atoms with Crippen LogP contribution < -0.4 is 0 Å². The van der Waals surface area contributed by atoms with E-state index in [9.17, 15) is 0 Å². The van der Waals surface area contributed by atoms with E-state index < -0.39 is 0 Å². The number of H-pyrrole nitrogens is 2. The van der Waals surface area contributed by atoms with Gasteiger partial charge in [-0.1, -0.05) is 0 Å². The van der Waals surface area contributed by atoms with Crippen LogP contribution in [0.1, 0.15) is 0 Å². The van der Waals surface area contributed by atoms with Crippen LogP contribution in [0.25, 0.3) is 89.7 Å². The maximum absolute atomic E-state index is 5.17. The number of hydrogen-bond donors (Lipinski definition) is 2. The summed E-state index contributed by atoms with van der Waals surface area (Å²) < 4.78 is 0. The summed E-state index contributed by atoms with van der Waals surface area (Å²) in [5, 5.41) is 3.85. The predicted octanol–water partition coefficient (Wildman–Crippen LogP) is 9.76. The summed E-state index contributed by atoms with van der Waals surface area (Å²) >= 11 is 6.76. The topological polar surface area (TPSA) is 109 Å². The number of aromatic nitrogens is 8. The van der Waals surface area contributed by atoms with Crippen LogP contribution >= 0.6 is 47.0 Å². The van der Waals surface area contributed by atoms with Crippen molar-refractivity contribution in [2.24, 2.45) is 0 Å². The van der Waals surface area contributed by atoms with Gasteiger partial charge < -0.3 is 9.97 Å². The van der Waals surface area contributed by atoms with Crippen LogP contribution in [-0.4, -0.2) is 64.9 Å². The third-order valence-electron chi connectivity index (χ3n) is 8.66. The number of benzene rings is 4. The Bertz CT molecular complexity index is 2460. The highest BCUT2D eigenvalue weighted by atomic mass is 32.2. The molecule has 9 rings (SSSR count). The van der Waals surface area contributed by atoms with Crippen LogP contribution in [0.3, 0.4) is 0 Å². The third-order valence-corrected chi connectivity index (χ3v) is 11.6. The van der Waals surface area contributed by atoms with Gasteiger partial charge in [-0.3, -0.25) is 0 Å². The first-order valence-corrected chi connectivity index (χ1v) is 20.0. The van der Waals surface area contributed by atoms with Crippen molar-refractivity contribution in [2.45, 2.75) is 19.6 Å². The molecule has 0 fully saturated rings. The van der Waals surface area contributed by atoms with E-state index in [2.05, 4.69) is 108 Å². The monoisotopic (exact) mass is 698 g/mol. The first kappa shape index (κ1) is 29.8. The Kier molecular flexibility index (Phi) is 7.23. The summed E-state index contributed by atoms with van der Waals surface area (Å²) in [6, 6.07) is 25.4. The molecule has 0 radical (unpaired) electrons. The quantitative estimate of drug-likeness (QED) is 0.172. The van der Waals surface area contributed by atoms with E-state index in [1.54, 1.807) is 47.0 Å². The molecule has 0 amide bonds. The fourth-order valence-electron chi connectivity index (χ4n) is 6.22. The molecule has 0 saturated heterocycles. The van der Waals surface area contributed by atoms with Crippen LogP contribution in [0.15, 0.2) is 92.4 Å². The number of fused-ring (bicyclic) bond motifs is 20. The number of aromatic amines is 2. The molecule has 0 saturated carbocycles. The Hall–Kier alpha value is -4.36. The second kappa shape index (κ2) is 11.7. The Balaban J connectivity index is 1.48. The molecule has 0 atom stereocenters. The van der Waals surface area contributed by atoms with Gasteiger partial charge in [-0.2, -0.15) is 0 Å². The lowest BCUT2D eigenvalue weighted by atomic mass is 10.1. The summed E-state index contributed by atoms with van der Waals surface area (Å²) in [5.41, 5.74) is 6.49. The molecule has 7 aromatic rings. The molecule has 0 unspecified atom stereocenters. The second-order valence-electron chi connectivity index (χ2n) is 11.3. The van der Waals surface area contributed by atoms with Crippen LogP contribution in [0.4, 0.5) is 0 Å². The van der Waals surface area contributed by atoms with Gasteiger partial charge in [0.15, 0.2) is 23.3 Å². The van der Waals surface area contributed by atoms with Crippen LogP contribution in [0, 0.1) is 0 Å². The zero-order chi connectivity index (χ0) is 32.5. The van der Waals surface area contributed by atoms with E-state index in [-0.39, 0.29) is 0 Å². The van der Waals surface area contributed by atoms with Gasteiger partial charge in [0.1, 0.15) is 22.6 Å². The molecule has 234 valence electrons. The largest absolute Gasteiger partial charge is 0.324 e. The van der Waals surface area contributed by atoms with Gasteiger partial charge in [0.2, 0.25) is 0 Å². The summed E-state index contributed by atoms with van der Waals surface area (Å²) in [7, 11) is 0. The Morgan fingerprint density at radius 1 is 0.354 bits per heavy atom. The highest BCUT2D eigenvalue weighted by Gasteiger charge is 2.23. The van der Waals surface area contributed by atoms with E-state index in [1.807, 2.05) is 0 Å². The Morgan fingerprint density at radius 2 is 0.688 bits per heavy atom. The predicted molar refractivity (Wildman–Crippen MR) is 203 cm³/mol. The van der Waals surface area contributed by atoms with Crippen LogP contribution in [-0.2, 0) is 0 Å². The van der Waals surface area contributed by atoms with Crippen molar-refractivity contribution in [3.05, 3.63) is 72.8 Å². The van der Waals surface area contributed by atoms with Gasteiger partial charge in [-0.25, -0.2) is 29.9 Å². The lowest BCUT2D eigenvalue weighted by Gasteiger charge is -2.01. The van der Waals surface area contributed by atoms with Crippen molar-refractivity contribution in [3.63, 3.8) is 0 Å². The maximum atomic E-state index is 5.17. The van der Waals surface area contributed by atoms with Crippen LogP contribution in [0.2, 0.25) is 0 Å². The van der Waals surface area contributed by atoms with E-state index in [1.165, 1.54) is 0 Å². The van der Waals surface area contributed by atoms with Crippen molar-refractivity contribution in [1.29, 1.82) is 0 Å². The molecular formula is C36H26N8S4. The third kappa shape index (κ3) is 4.80. The highest BCUT2D eigenvalue weighted by Crippen LogP contribution is 2.39. The van der Waals surface area contributed by atoms with Crippen molar-refractivity contribution >= 4 is 91.2 Å². The molecule has 4 aromatic carbocycles. The van der Waals surface area contributed by atoms with E-state index >= 15 is 0 Å². The highest BCUT2D eigenvalue weighted by molar-refractivity contribution is 7.99. The average molecular weight is 699 g/mol. The van der Waals surface area contributed by atoms with E-state index in [0.29, 0.717) is 45.9 Å². The fraction of sp³-hybridized carbons (Fsp3) is 0.111. The lowest BCUT2D eigenvalue weighted by Crippen LogP contribution is -1.84. The molecule has 8 bridgehead atoms. The molecule has 0 spiro atoms. The van der Waals surface area contributed by atoms with Gasteiger partial charge in [0, 0.05) is 63.4 Å². The SMILES string of the molecule is CSc1ccc2c(c1)-c1nc-2nc2[nH]c(nc3nc(nc4[nH]c(n1)c1ccc(SC)cc41)-c1ccc(SC)cc1-3)c1ccc(SC)cc21. The average Bonchev–Trinajstić information content (AvgIpc) is 3.85. The minimum absolute atomic E-state index is 0.599. The molecule has 0 aliphatic carbocycles. The van der Waals surface area contributed by atoms with Gasteiger partial charge >= 0.3 is 0 Å². The van der Waals surface area contributed by atoms with Crippen molar-refractivity contribution in [3.8, 4) is 45.6 Å². The zero-order valence-corrected chi connectivity index (χ0v) is 29.5. The minimum Gasteiger partial charge on any atom is -0.324 e. The minimum atomic E-state index is 0.599. The van der Waals surface area contributed by atoms with Gasteiger partial charge in [-0.15, -0.1) is 47.0 Å². The first-order valence-electron chi connectivity index (χ1n) is 15.1. The number of nitrogens with zero attached hydrogens (tertiary/aromatic N) is 6. The molecule has 2 aliphatic heterocycles. The molecule has 48 heavy (non-hydrogen) atoms. The molecule has 5 heterocycles. The van der Waals surface area contributed by atoms with Crippen molar-refractivity contribution in [1.82, 2.24) is 39.9 Å². The number of hydrogen-bond acceptors (Lipinski definition) is 10. The summed E-state index contributed by atoms with van der Waals surface area (Å²) in [6.07, 6.45) is 8.30. The van der Waals surface area contributed by atoms with Crippen molar-refractivity contribution in [2.75, 3.05) is 25.0 Å². The van der Waals surface area contributed by atoms with Crippen molar-refractivity contribution < 1.29 is 0 Å². The fourth-order valence-corrected chi connectivity index (χ4v) is 7.98. The number of nitrogens with one attached hydrogen (secondary N) is 2. The molecular weight excluding hydrogens is 673 g/mol.